The Balaban J connectivity index is 2.60. The van der Waals surface area contributed by atoms with E-state index < -0.39 is 0 Å². The normalized spacial score (nSPS) is 10.1. The van der Waals surface area contributed by atoms with Crippen LogP contribution in [0.3, 0.4) is 0 Å². The Morgan fingerprint density at radius 2 is 2.12 bits per heavy atom. The molecule has 0 atom stereocenters. The zero-order chi connectivity index (χ0) is 11.5. The number of nitrogens with zero attached hydrogens (tertiary/aromatic N) is 4. The van der Waals surface area contributed by atoms with E-state index in [4.69, 9.17) is 0 Å². The van der Waals surface area contributed by atoms with Crippen molar-refractivity contribution < 1.29 is 0 Å². The van der Waals surface area contributed by atoms with Crippen molar-refractivity contribution in [3.8, 4) is 11.5 Å². The van der Waals surface area contributed by atoms with Crippen LogP contribution in [0, 0.1) is 6.92 Å². The fourth-order valence-electron chi connectivity index (χ4n) is 1.46. The lowest BCUT2D eigenvalue weighted by Gasteiger charge is -2.03. The Morgan fingerprint density at radius 3 is 2.75 bits per heavy atom. The van der Waals surface area contributed by atoms with Crippen LogP contribution in [0.25, 0.3) is 23.8 Å². The van der Waals surface area contributed by atoms with Crippen molar-refractivity contribution in [2.45, 2.75) is 6.92 Å². The van der Waals surface area contributed by atoms with Crippen molar-refractivity contribution in [1.82, 2.24) is 19.5 Å². The van der Waals surface area contributed by atoms with E-state index in [0.717, 1.165) is 17.2 Å². The Hall–Kier alpha value is -2.23. The van der Waals surface area contributed by atoms with Gasteiger partial charge in [0, 0.05) is 18.1 Å². The molecule has 2 rings (SSSR count). The van der Waals surface area contributed by atoms with Crippen molar-refractivity contribution in [1.29, 1.82) is 0 Å². The Labute approximate surface area is 94.0 Å². The average molecular weight is 212 g/mol. The molecule has 2 aromatic rings. The van der Waals surface area contributed by atoms with Gasteiger partial charge < -0.3 is 0 Å². The van der Waals surface area contributed by atoms with Gasteiger partial charge in [-0.1, -0.05) is 13.2 Å². The molecule has 0 aromatic carbocycles. The van der Waals surface area contributed by atoms with Crippen LogP contribution in [0.1, 0.15) is 11.5 Å². The highest BCUT2D eigenvalue weighted by Crippen LogP contribution is 2.17. The molecule has 4 heteroatoms. The molecule has 0 aliphatic heterocycles. The molecule has 0 amide bonds. The van der Waals surface area contributed by atoms with Crippen LogP contribution in [0.5, 0.6) is 0 Å². The summed E-state index contributed by atoms with van der Waals surface area (Å²) in [4.78, 5) is 12.8. The lowest BCUT2D eigenvalue weighted by Crippen LogP contribution is -1.97. The second kappa shape index (κ2) is 4.10. The standard InChI is InChI=1S/C12H12N4/c1-4-11-14-8-10(16(11)5-2)12-13-7-6-9(3)15-12/h4-8H,1-2H2,3H3. The molecule has 2 heterocycles. The summed E-state index contributed by atoms with van der Waals surface area (Å²) in [5.41, 5.74) is 1.73. The summed E-state index contributed by atoms with van der Waals surface area (Å²) in [7, 11) is 0. The van der Waals surface area contributed by atoms with E-state index >= 15 is 0 Å². The molecule has 0 saturated heterocycles. The summed E-state index contributed by atoms with van der Waals surface area (Å²) in [6.45, 7) is 9.36. The molecule has 16 heavy (non-hydrogen) atoms. The Bertz CT molecular complexity index is 540. The van der Waals surface area contributed by atoms with Crippen LogP contribution in [-0.4, -0.2) is 19.5 Å². The number of aryl methyl sites for hydroxylation is 1. The molecular formula is C12H12N4. The molecule has 2 aromatic heterocycles. The fourth-order valence-corrected chi connectivity index (χ4v) is 1.46. The molecule has 4 nitrogen and oxygen atoms in total. The monoisotopic (exact) mass is 212 g/mol. The van der Waals surface area contributed by atoms with Gasteiger partial charge in [-0.25, -0.2) is 15.0 Å². The van der Waals surface area contributed by atoms with E-state index in [9.17, 15) is 0 Å². The first-order chi connectivity index (χ1) is 7.76. The number of aromatic nitrogens is 4. The van der Waals surface area contributed by atoms with E-state index in [1.54, 1.807) is 24.7 Å². The number of imidazole rings is 1. The van der Waals surface area contributed by atoms with Gasteiger partial charge in [0.15, 0.2) is 5.82 Å². The maximum atomic E-state index is 4.35. The summed E-state index contributed by atoms with van der Waals surface area (Å²) in [5, 5.41) is 0. The first-order valence-electron chi connectivity index (χ1n) is 4.88. The second-order valence-corrected chi connectivity index (χ2v) is 3.28. The van der Waals surface area contributed by atoms with Gasteiger partial charge in [0.2, 0.25) is 0 Å². The van der Waals surface area contributed by atoms with E-state index in [1.165, 1.54) is 0 Å². The van der Waals surface area contributed by atoms with Crippen molar-refractivity contribution in [3.05, 3.63) is 43.1 Å². The minimum absolute atomic E-state index is 0.639. The van der Waals surface area contributed by atoms with Crippen molar-refractivity contribution in [2.24, 2.45) is 0 Å². The largest absolute Gasteiger partial charge is 0.297 e. The summed E-state index contributed by atoms with van der Waals surface area (Å²) in [6, 6.07) is 1.85. The maximum absolute atomic E-state index is 4.35. The topological polar surface area (TPSA) is 43.6 Å². The average Bonchev–Trinajstić information content (AvgIpc) is 2.71. The number of hydrogen-bond donors (Lipinski definition) is 0. The predicted octanol–water partition coefficient (Wildman–Crippen LogP) is 2.39. The first-order valence-corrected chi connectivity index (χ1v) is 4.88. The predicted molar refractivity (Wildman–Crippen MR) is 64.5 cm³/mol. The van der Waals surface area contributed by atoms with Crippen LogP contribution in [0.15, 0.2) is 31.6 Å². The molecule has 0 aliphatic carbocycles. The zero-order valence-corrected chi connectivity index (χ0v) is 9.09. The van der Waals surface area contributed by atoms with Gasteiger partial charge in [-0.3, -0.25) is 4.57 Å². The third-order valence-electron chi connectivity index (χ3n) is 2.21. The van der Waals surface area contributed by atoms with Crippen LogP contribution >= 0.6 is 0 Å². The van der Waals surface area contributed by atoms with Gasteiger partial charge in [-0.15, -0.1) is 0 Å². The Kier molecular flexibility index (Phi) is 2.64. The maximum Gasteiger partial charge on any atom is 0.178 e. The van der Waals surface area contributed by atoms with Gasteiger partial charge in [0.1, 0.15) is 11.5 Å². The summed E-state index contributed by atoms with van der Waals surface area (Å²) >= 11 is 0. The van der Waals surface area contributed by atoms with E-state index in [0.29, 0.717) is 5.82 Å². The summed E-state index contributed by atoms with van der Waals surface area (Å²) < 4.78 is 1.81. The Morgan fingerprint density at radius 1 is 1.31 bits per heavy atom. The highest BCUT2D eigenvalue weighted by atomic mass is 15.1. The lowest BCUT2D eigenvalue weighted by atomic mass is 10.4. The smallest absolute Gasteiger partial charge is 0.178 e. The van der Waals surface area contributed by atoms with E-state index in [-0.39, 0.29) is 0 Å². The highest BCUT2D eigenvalue weighted by Gasteiger charge is 2.09. The summed E-state index contributed by atoms with van der Waals surface area (Å²) in [6.07, 6.45) is 6.78. The van der Waals surface area contributed by atoms with E-state index in [2.05, 4.69) is 28.1 Å². The molecule has 0 unspecified atom stereocenters. The van der Waals surface area contributed by atoms with Gasteiger partial charge in [0.25, 0.3) is 0 Å². The minimum atomic E-state index is 0.639. The molecule has 0 aliphatic rings. The van der Waals surface area contributed by atoms with Crippen molar-refractivity contribution in [2.75, 3.05) is 0 Å². The minimum Gasteiger partial charge on any atom is -0.297 e. The second-order valence-electron chi connectivity index (χ2n) is 3.28. The molecular weight excluding hydrogens is 200 g/mol. The molecule has 0 spiro atoms. The SMILES string of the molecule is C=Cc1ncc(-c2nccc(C)n2)n1C=C. The molecule has 0 saturated carbocycles. The van der Waals surface area contributed by atoms with Crippen LogP contribution in [0.2, 0.25) is 0 Å². The van der Waals surface area contributed by atoms with Crippen molar-refractivity contribution >= 4 is 12.3 Å². The van der Waals surface area contributed by atoms with Crippen molar-refractivity contribution in [3.63, 3.8) is 0 Å². The third kappa shape index (κ3) is 1.65. The van der Waals surface area contributed by atoms with Crippen LogP contribution in [-0.2, 0) is 0 Å². The number of rotatable bonds is 3. The number of hydrogen-bond acceptors (Lipinski definition) is 3. The van der Waals surface area contributed by atoms with Gasteiger partial charge in [0.05, 0.1) is 6.20 Å². The summed E-state index contributed by atoms with van der Waals surface area (Å²) in [5.74, 6) is 1.37. The molecule has 80 valence electrons. The highest BCUT2D eigenvalue weighted by molar-refractivity contribution is 5.58. The fraction of sp³-hybridized carbons (Fsp3) is 0.0833. The quantitative estimate of drug-likeness (QED) is 0.784. The van der Waals surface area contributed by atoms with Gasteiger partial charge in [-0.05, 0) is 19.1 Å². The lowest BCUT2D eigenvalue weighted by molar-refractivity contribution is 1.05. The van der Waals surface area contributed by atoms with Crippen LogP contribution < -0.4 is 0 Å². The molecule has 0 bridgehead atoms. The van der Waals surface area contributed by atoms with Crippen LogP contribution in [0.4, 0.5) is 0 Å². The first kappa shape index (κ1) is 10.3. The molecule has 0 N–H and O–H groups in total. The molecule has 0 radical (unpaired) electrons. The third-order valence-corrected chi connectivity index (χ3v) is 2.21. The molecule has 0 fully saturated rings. The van der Waals surface area contributed by atoms with Gasteiger partial charge >= 0.3 is 0 Å². The van der Waals surface area contributed by atoms with Gasteiger partial charge in [-0.2, -0.15) is 0 Å². The zero-order valence-electron chi connectivity index (χ0n) is 9.09. The van der Waals surface area contributed by atoms with E-state index in [1.807, 2.05) is 17.6 Å².